The lowest BCUT2D eigenvalue weighted by Gasteiger charge is -2.12. The van der Waals surface area contributed by atoms with E-state index < -0.39 is 10.0 Å². The maximum absolute atomic E-state index is 12.0. The molecule has 1 saturated carbocycles. The SMILES string of the molecule is O=C(CCNS(=O)(=O)c1cccc(Cl)c1)NC1CCCC1. The van der Waals surface area contributed by atoms with Gasteiger partial charge in [0.05, 0.1) is 4.90 Å². The molecule has 0 unspecified atom stereocenters. The van der Waals surface area contributed by atoms with Gasteiger partial charge in [0.25, 0.3) is 0 Å². The highest BCUT2D eigenvalue weighted by Crippen LogP contribution is 2.17. The highest BCUT2D eigenvalue weighted by Gasteiger charge is 2.18. The van der Waals surface area contributed by atoms with Crippen LogP contribution in [0.25, 0.3) is 0 Å². The maximum atomic E-state index is 12.0. The molecule has 1 aliphatic rings. The zero-order chi connectivity index (χ0) is 15.3. The summed E-state index contributed by atoms with van der Waals surface area (Å²) in [4.78, 5) is 11.8. The van der Waals surface area contributed by atoms with Gasteiger partial charge in [-0.3, -0.25) is 4.79 Å². The average Bonchev–Trinajstić information content (AvgIpc) is 2.91. The Balaban J connectivity index is 1.80. The largest absolute Gasteiger partial charge is 0.353 e. The summed E-state index contributed by atoms with van der Waals surface area (Å²) in [5.74, 6) is -0.115. The van der Waals surface area contributed by atoms with Crippen molar-refractivity contribution >= 4 is 27.5 Å². The van der Waals surface area contributed by atoms with E-state index in [1.807, 2.05) is 0 Å². The Bertz CT molecular complexity index is 598. The quantitative estimate of drug-likeness (QED) is 0.838. The van der Waals surface area contributed by atoms with Crippen molar-refractivity contribution in [2.45, 2.75) is 43.0 Å². The van der Waals surface area contributed by atoms with E-state index in [0.717, 1.165) is 25.7 Å². The van der Waals surface area contributed by atoms with Crippen molar-refractivity contribution < 1.29 is 13.2 Å². The molecule has 1 aliphatic carbocycles. The van der Waals surface area contributed by atoms with Gasteiger partial charge in [-0.15, -0.1) is 0 Å². The molecule has 5 nitrogen and oxygen atoms in total. The second-order valence-electron chi connectivity index (χ2n) is 5.15. The van der Waals surface area contributed by atoms with Crippen LogP contribution in [0.1, 0.15) is 32.1 Å². The number of benzene rings is 1. The number of hydrogen-bond acceptors (Lipinski definition) is 3. The van der Waals surface area contributed by atoms with E-state index >= 15 is 0 Å². The first-order valence-corrected chi connectivity index (χ1v) is 8.88. The van der Waals surface area contributed by atoms with Gasteiger partial charge in [0.2, 0.25) is 15.9 Å². The molecule has 21 heavy (non-hydrogen) atoms. The highest BCUT2D eigenvalue weighted by molar-refractivity contribution is 7.89. The third kappa shape index (κ3) is 4.98. The highest BCUT2D eigenvalue weighted by atomic mass is 35.5. The molecule has 0 saturated heterocycles. The summed E-state index contributed by atoms with van der Waals surface area (Å²) >= 11 is 5.77. The Labute approximate surface area is 130 Å². The number of rotatable bonds is 6. The number of nitrogens with one attached hydrogen (secondary N) is 2. The fourth-order valence-electron chi connectivity index (χ4n) is 2.39. The summed E-state index contributed by atoms with van der Waals surface area (Å²) in [6.07, 6.45) is 4.45. The van der Waals surface area contributed by atoms with Gasteiger partial charge >= 0.3 is 0 Å². The topological polar surface area (TPSA) is 75.3 Å². The van der Waals surface area contributed by atoms with Crippen LogP contribution in [0.5, 0.6) is 0 Å². The molecular formula is C14H19ClN2O3S. The van der Waals surface area contributed by atoms with Crippen LogP contribution in [-0.2, 0) is 14.8 Å². The summed E-state index contributed by atoms with van der Waals surface area (Å²) in [6, 6.07) is 6.27. The molecule has 1 fully saturated rings. The molecule has 1 amide bonds. The van der Waals surface area contributed by atoms with Gasteiger partial charge < -0.3 is 5.32 Å². The van der Waals surface area contributed by atoms with Gasteiger partial charge in [0.15, 0.2) is 0 Å². The van der Waals surface area contributed by atoms with Crippen LogP contribution >= 0.6 is 11.6 Å². The van der Waals surface area contributed by atoms with Gasteiger partial charge in [0.1, 0.15) is 0 Å². The van der Waals surface area contributed by atoms with Gasteiger partial charge in [-0.2, -0.15) is 0 Å². The zero-order valence-corrected chi connectivity index (χ0v) is 13.2. The molecule has 0 bridgehead atoms. The summed E-state index contributed by atoms with van der Waals surface area (Å²) < 4.78 is 26.4. The molecule has 2 rings (SSSR count). The van der Waals surface area contributed by atoms with Crippen LogP contribution < -0.4 is 10.0 Å². The van der Waals surface area contributed by atoms with Crippen molar-refractivity contribution in [3.8, 4) is 0 Å². The number of halogens is 1. The smallest absolute Gasteiger partial charge is 0.240 e. The van der Waals surface area contributed by atoms with Crippen molar-refractivity contribution in [1.82, 2.24) is 10.0 Å². The van der Waals surface area contributed by atoms with E-state index in [1.54, 1.807) is 12.1 Å². The molecule has 0 atom stereocenters. The van der Waals surface area contributed by atoms with E-state index in [9.17, 15) is 13.2 Å². The first kappa shape index (κ1) is 16.3. The Morgan fingerprint density at radius 1 is 1.29 bits per heavy atom. The van der Waals surface area contributed by atoms with Gasteiger partial charge in [-0.05, 0) is 31.0 Å². The van der Waals surface area contributed by atoms with Crippen molar-refractivity contribution in [2.75, 3.05) is 6.54 Å². The van der Waals surface area contributed by atoms with Crippen LogP contribution in [0.3, 0.4) is 0 Å². The van der Waals surface area contributed by atoms with E-state index in [-0.39, 0.29) is 29.8 Å². The van der Waals surface area contributed by atoms with Crippen LogP contribution in [0.4, 0.5) is 0 Å². The molecule has 7 heteroatoms. The van der Waals surface area contributed by atoms with Crippen molar-refractivity contribution in [1.29, 1.82) is 0 Å². The molecule has 1 aromatic carbocycles. The lowest BCUT2D eigenvalue weighted by atomic mass is 10.2. The fourth-order valence-corrected chi connectivity index (χ4v) is 3.72. The number of amides is 1. The Morgan fingerprint density at radius 2 is 2.00 bits per heavy atom. The summed E-state index contributed by atoms with van der Waals surface area (Å²) in [6.45, 7) is 0.0768. The molecule has 116 valence electrons. The number of carbonyl (C=O) groups is 1. The number of carbonyl (C=O) groups excluding carboxylic acids is 1. The molecule has 2 N–H and O–H groups in total. The maximum Gasteiger partial charge on any atom is 0.240 e. The lowest BCUT2D eigenvalue weighted by molar-refractivity contribution is -0.121. The number of sulfonamides is 1. The van der Waals surface area contributed by atoms with Crippen molar-refractivity contribution in [3.63, 3.8) is 0 Å². The Hall–Kier alpha value is -1.11. The normalized spacial score (nSPS) is 16.0. The molecule has 0 heterocycles. The minimum Gasteiger partial charge on any atom is -0.353 e. The first-order chi connectivity index (χ1) is 9.97. The van der Waals surface area contributed by atoms with E-state index in [2.05, 4.69) is 10.0 Å². The molecule has 0 spiro atoms. The van der Waals surface area contributed by atoms with E-state index in [4.69, 9.17) is 11.6 Å². The standard InChI is InChI=1S/C14H19ClN2O3S/c15-11-4-3-7-13(10-11)21(19,20)16-9-8-14(18)17-12-5-1-2-6-12/h3-4,7,10,12,16H,1-2,5-6,8-9H2,(H,17,18). The van der Waals surface area contributed by atoms with Crippen molar-refractivity contribution in [3.05, 3.63) is 29.3 Å². The monoisotopic (exact) mass is 330 g/mol. The average molecular weight is 331 g/mol. The predicted molar refractivity (Wildman–Crippen MR) is 81.7 cm³/mol. The molecule has 0 aromatic heterocycles. The predicted octanol–water partition coefficient (Wildman–Crippen LogP) is 2.07. The van der Waals surface area contributed by atoms with Crippen LogP contribution in [0.2, 0.25) is 5.02 Å². The second-order valence-corrected chi connectivity index (χ2v) is 7.36. The van der Waals surface area contributed by atoms with E-state index in [1.165, 1.54) is 12.1 Å². The molecule has 0 aliphatic heterocycles. The van der Waals surface area contributed by atoms with Gasteiger partial charge in [-0.1, -0.05) is 30.5 Å². The second kappa shape index (κ2) is 7.24. The van der Waals surface area contributed by atoms with Gasteiger partial charge in [-0.25, -0.2) is 13.1 Å². The zero-order valence-electron chi connectivity index (χ0n) is 11.6. The first-order valence-electron chi connectivity index (χ1n) is 7.02. The Kier molecular flexibility index (Phi) is 5.61. The summed E-state index contributed by atoms with van der Waals surface area (Å²) in [5, 5.41) is 3.28. The van der Waals surface area contributed by atoms with Crippen LogP contribution in [0, 0.1) is 0 Å². The van der Waals surface area contributed by atoms with Crippen LogP contribution in [-0.4, -0.2) is 26.9 Å². The van der Waals surface area contributed by atoms with Gasteiger partial charge in [0, 0.05) is 24.0 Å². The van der Waals surface area contributed by atoms with Crippen LogP contribution in [0.15, 0.2) is 29.2 Å². The van der Waals surface area contributed by atoms with E-state index in [0.29, 0.717) is 5.02 Å². The summed E-state index contributed by atoms with van der Waals surface area (Å²) in [5.41, 5.74) is 0. The summed E-state index contributed by atoms with van der Waals surface area (Å²) in [7, 11) is -3.62. The molecular weight excluding hydrogens is 312 g/mol. The molecule has 1 aromatic rings. The molecule has 0 radical (unpaired) electrons. The lowest BCUT2D eigenvalue weighted by Crippen LogP contribution is -2.35. The minimum atomic E-state index is -3.62. The third-order valence-electron chi connectivity index (χ3n) is 3.47. The number of hydrogen-bond donors (Lipinski definition) is 2. The van der Waals surface area contributed by atoms with Crippen molar-refractivity contribution in [2.24, 2.45) is 0 Å². The minimum absolute atomic E-state index is 0.0768. The fraction of sp³-hybridized carbons (Fsp3) is 0.500. The third-order valence-corrected chi connectivity index (χ3v) is 5.16. The Morgan fingerprint density at radius 3 is 2.67 bits per heavy atom.